The first-order valence-corrected chi connectivity index (χ1v) is 19.6. The normalized spacial score (nSPS) is 24.3. The van der Waals surface area contributed by atoms with E-state index in [1.54, 1.807) is 11.0 Å². The number of imide groups is 1. The molecule has 9 nitrogen and oxygen atoms in total. The number of alkyl halides is 2. The third-order valence-corrected chi connectivity index (χ3v) is 12.1. The predicted octanol–water partition coefficient (Wildman–Crippen LogP) is 6.68. The van der Waals surface area contributed by atoms with Gasteiger partial charge in [-0.05, 0) is 121 Å². The van der Waals surface area contributed by atoms with Crippen LogP contribution in [-0.2, 0) is 27.3 Å². The van der Waals surface area contributed by atoms with Crippen molar-refractivity contribution in [2.45, 2.75) is 75.3 Å². The minimum atomic E-state index is -2.94. The number of hydrogen-bond acceptors (Lipinski definition) is 7. The summed E-state index contributed by atoms with van der Waals surface area (Å²) < 4.78 is 35.8. The number of phenolic OH excluding ortho intramolecular Hbond substituents is 1. The van der Waals surface area contributed by atoms with Crippen molar-refractivity contribution in [3.8, 4) is 5.75 Å². The highest BCUT2D eigenvalue weighted by atomic mass is 19.3. The van der Waals surface area contributed by atoms with Gasteiger partial charge in [0, 0.05) is 56.8 Å². The van der Waals surface area contributed by atoms with Crippen LogP contribution < -0.4 is 10.2 Å². The van der Waals surface area contributed by atoms with Crippen LogP contribution in [0.5, 0.6) is 5.75 Å². The molecule has 4 atom stereocenters. The number of hydrogen-bond donors (Lipinski definition) is 2. The lowest BCUT2D eigenvalue weighted by atomic mass is 9.65. The molecule has 3 aromatic carbocycles. The molecule has 288 valence electrons. The van der Waals surface area contributed by atoms with Crippen LogP contribution in [0.3, 0.4) is 0 Å². The first-order valence-electron chi connectivity index (χ1n) is 19.6. The molecule has 3 aliphatic heterocycles. The van der Waals surface area contributed by atoms with Gasteiger partial charge in [-0.3, -0.25) is 24.6 Å². The lowest BCUT2D eigenvalue weighted by Gasteiger charge is -2.39. The first kappa shape index (κ1) is 36.9. The van der Waals surface area contributed by atoms with Crippen molar-refractivity contribution < 1.29 is 33.0 Å². The molecule has 0 spiro atoms. The molecule has 0 radical (unpaired) electrons. The molecule has 3 heterocycles. The number of nitrogens with zero attached hydrogens (tertiary/aromatic N) is 3. The molecule has 2 unspecified atom stereocenters. The number of allylic oxidation sites excluding steroid dienone is 3. The number of carbonyl (C=O) groups excluding carboxylic acids is 3. The molecule has 8 rings (SSSR count). The molecule has 11 heteroatoms. The van der Waals surface area contributed by atoms with Crippen molar-refractivity contribution in [3.63, 3.8) is 0 Å². The van der Waals surface area contributed by atoms with Gasteiger partial charge in [0.05, 0.1) is 0 Å². The maximum Gasteiger partial charge on any atom is 0.281 e. The van der Waals surface area contributed by atoms with Crippen LogP contribution in [0.25, 0.3) is 0 Å². The van der Waals surface area contributed by atoms with E-state index in [1.165, 1.54) is 16.7 Å². The van der Waals surface area contributed by atoms with Crippen molar-refractivity contribution in [3.05, 3.63) is 119 Å². The number of benzene rings is 3. The van der Waals surface area contributed by atoms with Crippen LogP contribution in [0.1, 0.15) is 83.0 Å². The van der Waals surface area contributed by atoms with Gasteiger partial charge in [-0.2, -0.15) is 0 Å². The Balaban J connectivity index is 0.788. The van der Waals surface area contributed by atoms with Crippen LogP contribution in [0, 0.1) is 5.92 Å². The average Bonchev–Trinajstić information content (AvgIpc) is 3.52. The standard InChI is InChI=1S/C44H48F2N4O5/c45-44(46,28-55-35-12-7-30(8-13-35)41-36(29-5-2-1-3-6-29)14-9-31-26-34(51)11-16-37(31)41)19-4-20-48-21-23-49(24-22-48)33-10-15-38-32(25-33)27-50(43(38)54)39-17-18-40(52)47-42(39)53/h1-3,5-7,10-13,15-16,25-26,30,36,39,41,51H,4,8-9,14,17-24,27-28H2,(H,47,52,53)/t30?,36-,39?,41+/m1/s1. The monoisotopic (exact) mass is 750 g/mol. The summed E-state index contributed by atoms with van der Waals surface area (Å²) >= 11 is 0. The van der Waals surface area contributed by atoms with E-state index in [-0.39, 0.29) is 42.2 Å². The van der Waals surface area contributed by atoms with Gasteiger partial charge in [0.15, 0.2) is 6.61 Å². The van der Waals surface area contributed by atoms with Crippen molar-refractivity contribution >= 4 is 23.4 Å². The average molecular weight is 751 g/mol. The molecule has 55 heavy (non-hydrogen) atoms. The van der Waals surface area contributed by atoms with Crippen molar-refractivity contribution in [2.75, 3.05) is 44.2 Å². The highest BCUT2D eigenvalue weighted by molar-refractivity contribution is 6.05. The summed E-state index contributed by atoms with van der Waals surface area (Å²) in [6, 6.07) is 21.4. The summed E-state index contributed by atoms with van der Waals surface area (Å²) in [6.07, 6.45) is 9.17. The van der Waals surface area contributed by atoms with E-state index in [9.17, 15) is 19.5 Å². The third-order valence-electron chi connectivity index (χ3n) is 12.1. The lowest BCUT2D eigenvalue weighted by molar-refractivity contribution is -0.136. The number of aromatic hydroxyl groups is 1. The highest BCUT2D eigenvalue weighted by Gasteiger charge is 2.40. The number of amides is 3. The Morgan fingerprint density at radius 2 is 1.73 bits per heavy atom. The molecular weight excluding hydrogens is 703 g/mol. The summed E-state index contributed by atoms with van der Waals surface area (Å²) in [5.74, 6) is -2.38. The molecule has 2 fully saturated rings. The Kier molecular flexibility index (Phi) is 10.5. The summed E-state index contributed by atoms with van der Waals surface area (Å²) in [5, 5.41) is 12.5. The van der Waals surface area contributed by atoms with Gasteiger partial charge < -0.3 is 19.6 Å². The van der Waals surface area contributed by atoms with Crippen molar-refractivity contribution in [1.29, 1.82) is 0 Å². The number of halogens is 2. The second kappa shape index (κ2) is 15.6. The second-order valence-electron chi connectivity index (χ2n) is 15.6. The van der Waals surface area contributed by atoms with E-state index in [0.29, 0.717) is 49.6 Å². The third kappa shape index (κ3) is 8.03. The summed E-state index contributed by atoms with van der Waals surface area (Å²) in [4.78, 5) is 43.1. The molecule has 0 aromatic heterocycles. The zero-order valence-electron chi connectivity index (χ0n) is 31.0. The molecule has 5 aliphatic rings. The minimum Gasteiger partial charge on any atom is -0.508 e. The number of aryl methyl sites for hydroxylation is 1. The Hall–Kier alpha value is -5.03. The first-order chi connectivity index (χ1) is 26.6. The molecule has 3 amide bonds. The smallest absolute Gasteiger partial charge is 0.281 e. The molecule has 2 aliphatic carbocycles. The quantitative estimate of drug-likeness (QED) is 0.211. The summed E-state index contributed by atoms with van der Waals surface area (Å²) in [7, 11) is 0. The number of piperidine rings is 1. The van der Waals surface area contributed by atoms with E-state index in [4.69, 9.17) is 4.74 Å². The van der Waals surface area contributed by atoms with Gasteiger partial charge in [0.1, 0.15) is 17.6 Å². The fraction of sp³-hybridized carbons (Fsp3) is 0.432. The van der Waals surface area contributed by atoms with Crippen LogP contribution in [0.4, 0.5) is 14.5 Å². The lowest BCUT2D eigenvalue weighted by Crippen LogP contribution is -2.52. The van der Waals surface area contributed by atoms with E-state index < -0.39 is 24.5 Å². The fourth-order valence-electron chi connectivity index (χ4n) is 9.24. The van der Waals surface area contributed by atoms with Crippen molar-refractivity contribution in [2.24, 2.45) is 5.92 Å². The number of rotatable bonds is 11. The van der Waals surface area contributed by atoms with Gasteiger partial charge in [-0.15, -0.1) is 0 Å². The van der Waals surface area contributed by atoms with E-state index in [0.717, 1.165) is 50.3 Å². The van der Waals surface area contributed by atoms with E-state index in [2.05, 4.69) is 45.5 Å². The van der Waals surface area contributed by atoms with Gasteiger partial charge >= 0.3 is 0 Å². The number of nitrogens with one attached hydrogen (secondary N) is 1. The van der Waals surface area contributed by atoms with Crippen LogP contribution in [0.15, 0.2) is 90.7 Å². The van der Waals surface area contributed by atoms with Gasteiger partial charge in [-0.25, -0.2) is 8.78 Å². The summed E-state index contributed by atoms with van der Waals surface area (Å²) in [5.41, 5.74) is 6.18. The Morgan fingerprint density at radius 3 is 2.49 bits per heavy atom. The molecule has 3 aromatic rings. The number of anilines is 1. The number of fused-ring (bicyclic) bond motifs is 2. The van der Waals surface area contributed by atoms with Gasteiger partial charge in [0.25, 0.3) is 11.8 Å². The van der Waals surface area contributed by atoms with E-state index >= 15 is 8.78 Å². The zero-order valence-corrected chi connectivity index (χ0v) is 31.0. The SMILES string of the molecule is O=C1CCC(N2Cc3cc(N4CCN(CCCC(F)(F)COC5=CCC([C@@H]6c7ccc(O)cc7CC[C@@H]6c6ccccc6)C=C5)CC4)ccc3C2=O)C(=O)N1. The van der Waals surface area contributed by atoms with Crippen LogP contribution in [-0.4, -0.2) is 83.9 Å². The maximum absolute atomic E-state index is 15.1. The Bertz CT molecular complexity index is 1990. The zero-order chi connectivity index (χ0) is 38.1. The fourth-order valence-corrected chi connectivity index (χ4v) is 9.24. The van der Waals surface area contributed by atoms with Crippen LogP contribution >= 0.6 is 0 Å². The van der Waals surface area contributed by atoms with Crippen LogP contribution in [0.2, 0.25) is 0 Å². The molecule has 0 bridgehead atoms. The predicted molar refractivity (Wildman–Crippen MR) is 205 cm³/mol. The number of piperazine rings is 1. The number of phenols is 1. The van der Waals surface area contributed by atoms with Gasteiger partial charge in [0.2, 0.25) is 11.8 Å². The summed E-state index contributed by atoms with van der Waals surface area (Å²) in [6.45, 7) is 3.24. The van der Waals surface area contributed by atoms with E-state index in [1.807, 2.05) is 48.6 Å². The molecule has 2 saturated heterocycles. The topological polar surface area (TPSA) is 102 Å². The number of ether oxygens (including phenoxy) is 1. The number of carbonyl (C=O) groups is 3. The largest absolute Gasteiger partial charge is 0.508 e. The molecule has 2 N–H and O–H groups in total. The van der Waals surface area contributed by atoms with Crippen molar-refractivity contribution in [1.82, 2.24) is 15.1 Å². The Labute approximate surface area is 320 Å². The van der Waals surface area contributed by atoms with Gasteiger partial charge in [-0.1, -0.05) is 42.5 Å². The minimum absolute atomic E-state index is 0.185. The highest BCUT2D eigenvalue weighted by Crippen LogP contribution is 2.49. The second-order valence-corrected chi connectivity index (χ2v) is 15.6. The molecular formula is C44H48F2N4O5. The Morgan fingerprint density at radius 1 is 0.909 bits per heavy atom. The maximum atomic E-state index is 15.1. The molecule has 0 saturated carbocycles.